The summed E-state index contributed by atoms with van der Waals surface area (Å²) in [6.07, 6.45) is 11.0. The van der Waals surface area contributed by atoms with E-state index in [0.29, 0.717) is 5.89 Å². The minimum Gasteiger partial charge on any atom is -0.436 e. The summed E-state index contributed by atoms with van der Waals surface area (Å²) in [6, 6.07) is 50.5. The van der Waals surface area contributed by atoms with Gasteiger partial charge >= 0.3 is 0 Å². The Morgan fingerprint density at radius 3 is 1.12 bits per heavy atom. The molecule has 0 saturated carbocycles. The van der Waals surface area contributed by atoms with Gasteiger partial charge in [0.2, 0.25) is 5.89 Å². The van der Waals surface area contributed by atoms with Gasteiger partial charge in [-0.3, -0.25) is 15.0 Å². The number of hydrogen-bond donors (Lipinski definition) is 0. The fourth-order valence-electron chi connectivity index (χ4n) is 6.50. The van der Waals surface area contributed by atoms with Crippen LogP contribution in [0.5, 0.6) is 0 Å². The molecular formula is C46H30N4O. The summed E-state index contributed by atoms with van der Waals surface area (Å²) in [5.74, 6) is 0.584. The maximum absolute atomic E-state index is 6.54. The molecule has 5 heteroatoms. The third-order valence-corrected chi connectivity index (χ3v) is 9.24. The lowest BCUT2D eigenvalue weighted by Crippen LogP contribution is -1.86. The van der Waals surface area contributed by atoms with Crippen molar-refractivity contribution in [3.63, 3.8) is 0 Å². The smallest absolute Gasteiger partial charge is 0.227 e. The summed E-state index contributed by atoms with van der Waals surface area (Å²) in [5.41, 5.74) is 15.6. The number of hydrogen-bond acceptors (Lipinski definition) is 5. The van der Waals surface area contributed by atoms with E-state index in [0.717, 1.165) is 83.4 Å². The van der Waals surface area contributed by atoms with Crippen LogP contribution >= 0.6 is 0 Å². The van der Waals surface area contributed by atoms with E-state index in [1.54, 1.807) is 18.6 Å². The van der Waals surface area contributed by atoms with E-state index in [1.165, 1.54) is 0 Å². The zero-order valence-electron chi connectivity index (χ0n) is 27.5. The fraction of sp³-hybridized carbons (Fsp3) is 0. The number of pyridine rings is 3. The first kappa shape index (κ1) is 30.1. The average Bonchev–Trinajstić information content (AvgIpc) is 3.66. The molecule has 0 amide bonds. The molecule has 0 N–H and O–H groups in total. The summed E-state index contributed by atoms with van der Waals surface area (Å²) < 4.78 is 6.54. The lowest BCUT2D eigenvalue weighted by atomic mass is 9.95. The highest BCUT2D eigenvalue weighted by Gasteiger charge is 2.16. The van der Waals surface area contributed by atoms with Crippen molar-refractivity contribution in [1.82, 2.24) is 19.9 Å². The second-order valence-electron chi connectivity index (χ2n) is 12.4. The van der Waals surface area contributed by atoms with E-state index in [2.05, 4.69) is 142 Å². The van der Waals surface area contributed by atoms with Gasteiger partial charge in [0.1, 0.15) is 5.52 Å². The van der Waals surface area contributed by atoms with Crippen LogP contribution < -0.4 is 0 Å². The highest BCUT2D eigenvalue weighted by molar-refractivity contribution is 5.96. The lowest BCUT2D eigenvalue weighted by Gasteiger charge is -2.09. The van der Waals surface area contributed by atoms with E-state index in [-0.39, 0.29) is 0 Å². The molecule has 9 rings (SSSR count). The Kier molecular flexibility index (Phi) is 7.76. The molecule has 0 bridgehead atoms. The van der Waals surface area contributed by atoms with Crippen molar-refractivity contribution in [2.24, 2.45) is 0 Å². The van der Waals surface area contributed by atoms with Crippen molar-refractivity contribution < 1.29 is 4.42 Å². The Balaban J connectivity index is 1.08. The number of benzene rings is 5. The van der Waals surface area contributed by atoms with E-state index in [4.69, 9.17) is 9.40 Å². The van der Waals surface area contributed by atoms with Crippen molar-refractivity contribution >= 4 is 11.1 Å². The highest BCUT2D eigenvalue weighted by atomic mass is 16.3. The van der Waals surface area contributed by atoms with Crippen LogP contribution in [0.1, 0.15) is 0 Å². The predicted molar refractivity (Wildman–Crippen MR) is 205 cm³/mol. The number of oxazole rings is 1. The molecule has 5 aromatic carbocycles. The molecule has 0 spiro atoms. The number of rotatable bonds is 7. The second-order valence-corrected chi connectivity index (χ2v) is 12.4. The SMILES string of the molecule is c1cncc(-c2ccc(-c3ccc(-c4nc5c(-c6ccc(-c7cccnc7)cc6)cc(-c6ccc(-c7cccnc7)cc6)cc5o4)cc3)cc2)c1. The van der Waals surface area contributed by atoms with Gasteiger partial charge in [0, 0.05) is 48.3 Å². The van der Waals surface area contributed by atoms with E-state index < -0.39 is 0 Å². The quantitative estimate of drug-likeness (QED) is 0.171. The van der Waals surface area contributed by atoms with E-state index in [1.807, 2.05) is 36.8 Å². The molecule has 0 radical (unpaired) electrons. The predicted octanol–water partition coefficient (Wildman–Crippen LogP) is 11.7. The Hall–Kier alpha value is -6.98. The summed E-state index contributed by atoms with van der Waals surface area (Å²) in [5, 5.41) is 0. The van der Waals surface area contributed by atoms with E-state index in [9.17, 15) is 0 Å². The molecule has 0 saturated heterocycles. The Bertz CT molecular complexity index is 2560. The summed E-state index contributed by atoms with van der Waals surface area (Å²) in [4.78, 5) is 17.9. The van der Waals surface area contributed by atoms with Gasteiger partial charge in [-0.15, -0.1) is 0 Å². The van der Waals surface area contributed by atoms with Gasteiger partial charge in [0.05, 0.1) is 0 Å². The average molecular weight is 655 g/mol. The Labute approximate surface area is 295 Å². The zero-order valence-corrected chi connectivity index (χ0v) is 27.5. The second kappa shape index (κ2) is 13.1. The molecule has 0 aliphatic heterocycles. The van der Waals surface area contributed by atoms with Crippen LogP contribution in [0.3, 0.4) is 0 Å². The van der Waals surface area contributed by atoms with Crippen LogP contribution in [0, 0.1) is 0 Å². The van der Waals surface area contributed by atoms with Gasteiger partial charge in [0.25, 0.3) is 0 Å². The minimum absolute atomic E-state index is 0.584. The van der Waals surface area contributed by atoms with Crippen LogP contribution in [0.25, 0.3) is 89.3 Å². The zero-order chi connectivity index (χ0) is 34.0. The van der Waals surface area contributed by atoms with Gasteiger partial charge in [-0.25, -0.2) is 4.98 Å². The van der Waals surface area contributed by atoms with Crippen molar-refractivity contribution in [1.29, 1.82) is 0 Å². The highest BCUT2D eigenvalue weighted by Crippen LogP contribution is 2.38. The number of fused-ring (bicyclic) bond motifs is 1. The van der Waals surface area contributed by atoms with Crippen LogP contribution in [-0.2, 0) is 0 Å². The molecule has 240 valence electrons. The van der Waals surface area contributed by atoms with Gasteiger partial charge < -0.3 is 4.42 Å². The van der Waals surface area contributed by atoms with Crippen molar-refractivity contribution in [3.05, 3.63) is 183 Å². The Morgan fingerprint density at radius 2 is 0.706 bits per heavy atom. The maximum Gasteiger partial charge on any atom is 0.227 e. The number of aromatic nitrogens is 4. The van der Waals surface area contributed by atoms with Crippen molar-refractivity contribution in [2.45, 2.75) is 0 Å². The van der Waals surface area contributed by atoms with Gasteiger partial charge in [-0.05, 0) is 104 Å². The molecule has 4 heterocycles. The molecule has 5 nitrogen and oxygen atoms in total. The molecule has 51 heavy (non-hydrogen) atoms. The standard InChI is InChI=1S/C46H30N4O/c1-4-39(28-47-23-1)33-9-7-31(8-10-33)32-17-21-38(22-18-32)46-50-45-43(37-19-15-35(16-20-37)41-6-3-25-49-30-41)26-42(27-44(45)51-46)36-13-11-34(12-14-36)40-5-2-24-48-29-40/h1-30H. The first-order valence-corrected chi connectivity index (χ1v) is 16.8. The van der Waals surface area contributed by atoms with Crippen molar-refractivity contribution in [2.75, 3.05) is 0 Å². The normalized spacial score (nSPS) is 11.1. The largest absolute Gasteiger partial charge is 0.436 e. The molecule has 0 fully saturated rings. The van der Waals surface area contributed by atoms with Crippen LogP contribution in [0.2, 0.25) is 0 Å². The first-order valence-electron chi connectivity index (χ1n) is 16.8. The third-order valence-electron chi connectivity index (χ3n) is 9.24. The lowest BCUT2D eigenvalue weighted by molar-refractivity contribution is 0.620. The van der Waals surface area contributed by atoms with Gasteiger partial charge in [-0.2, -0.15) is 0 Å². The first-order chi connectivity index (χ1) is 25.2. The van der Waals surface area contributed by atoms with Crippen LogP contribution in [0.4, 0.5) is 0 Å². The molecule has 0 atom stereocenters. The number of nitrogens with zero attached hydrogens (tertiary/aromatic N) is 4. The van der Waals surface area contributed by atoms with Crippen LogP contribution in [0.15, 0.2) is 187 Å². The Morgan fingerprint density at radius 1 is 0.333 bits per heavy atom. The topological polar surface area (TPSA) is 64.7 Å². The minimum atomic E-state index is 0.584. The molecule has 0 aliphatic rings. The van der Waals surface area contributed by atoms with Crippen molar-refractivity contribution in [3.8, 4) is 78.2 Å². The summed E-state index contributed by atoms with van der Waals surface area (Å²) >= 11 is 0. The maximum atomic E-state index is 6.54. The third kappa shape index (κ3) is 6.09. The monoisotopic (exact) mass is 654 g/mol. The molecule has 4 aromatic heterocycles. The molecule has 9 aromatic rings. The van der Waals surface area contributed by atoms with Gasteiger partial charge in [-0.1, -0.05) is 103 Å². The van der Waals surface area contributed by atoms with Crippen LogP contribution in [-0.4, -0.2) is 19.9 Å². The molecule has 0 unspecified atom stereocenters. The molecular weight excluding hydrogens is 625 g/mol. The van der Waals surface area contributed by atoms with Gasteiger partial charge in [0.15, 0.2) is 5.58 Å². The summed E-state index contributed by atoms with van der Waals surface area (Å²) in [7, 11) is 0. The fourth-order valence-corrected chi connectivity index (χ4v) is 6.50. The molecule has 0 aliphatic carbocycles. The van der Waals surface area contributed by atoms with E-state index >= 15 is 0 Å². The summed E-state index contributed by atoms with van der Waals surface area (Å²) in [6.45, 7) is 0.